The van der Waals surface area contributed by atoms with E-state index in [-0.39, 0.29) is 0 Å². The number of likely N-dealkylation sites (N-methyl/N-ethyl adjacent to an activating group) is 1. The van der Waals surface area contributed by atoms with Crippen LogP contribution in [0.3, 0.4) is 0 Å². The molecule has 2 aromatic heterocycles. The SMILES string of the molecule is CN1CCNCC1c1snc2cc(-c3ccccc3)cnc12. The molecule has 1 aliphatic rings. The minimum atomic E-state index is 0.374. The monoisotopic (exact) mass is 310 g/mol. The van der Waals surface area contributed by atoms with Crippen LogP contribution in [0.5, 0.6) is 0 Å². The Hall–Kier alpha value is -1.82. The number of aromatic nitrogens is 2. The lowest BCUT2D eigenvalue weighted by Crippen LogP contribution is -2.43. The summed E-state index contributed by atoms with van der Waals surface area (Å²) in [5.41, 5.74) is 4.36. The number of benzene rings is 1. The first kappa shape index (κ1) is 13.8. The fourth-order valence-corrected chi connectivity index (χ4v) is 3.92. The quantitative estimate of drug-likeness (QED) is 0.790. The van der Waals surface area contributed by atoms with Crippen LogP contribution in [0, 0.1) is 0 Å². The number of nitrogens with zero attached hydrogens (tertiary/aromatic N) is 3. The van der Waals surface area contributed by atoms with Crippen LogP contribution in [-0.2, 0) is 0 Å². The molecular weight excluding hydrogens is 292 g/mol. The average molecular weight is 310 g/mol. The van der Waals surface area contributed by atoms with Crippen molar-refractivity contribution >= 4 is 22.6 Å². The first-order valence-corrected chi connectivity index (χ1v) is 8.32. The normalized spacial score (nSPS) is 19.6. The molecule has 0 amide bonds. The highest BCUT2D eigenvalue weighted by Gasteiger charge is 2.25. The Morgan fingerprint density at radius 1 is 1.23 bits per heavy atom. The molecule has 4 rings (SSSR count). The van der Waals surface area contributed by atoms with Gasteiger partial charge in [-0.1, -0.05) is 30.3 Å². The molecular formula is C17H18N4S. The van der Waals surface area contributed by atoms with Gasteiger partial charge >= 0.3 is 0 Å². The summed E-state index contributed by atoms with van der Waals surface area (Å²) in [5.74, 6) is 0. The molecule has 3 aromatic rings. The van der Waals surface area contributed by atoms with E-state index in [4.69, 9.17) is 4.98 Å². The molecule has 0 bridgehead atoms. The minimum absolute atomic E-state index is 0.374. The molecule has 1 unspecified atom stereocenters. The Morgan fingerprint density at radius 3 is 2.91 bits per heavy atom. The predicted molar refractivity (Wildman–Crippen MR) is 91.1 cm³/mol. The molecule has 22 heavy (non-hydrogen) atoms. The van der Waals surface area contributed by atoms with E-state index in [9.17, 15) is 0 Å². The van der Waals surface area contributed by atoms with Crippen LogP contribution in [0.25, 0.3) is 22.2 Å². The molecule has 1 aliphatic heterocycles. The van der Waals surface area contributed by atoms with Gasteiger partial charge in [-0.2, -0.15) is 4.37 Å². The molecule has 112 valence electrons. The summed E-state index contributed by atoms with van der Waals surface area (Å²) in [7, 11) is 2.18. The van der Waals surface area contributed by atoms with Crippen LogP contribution in [0.2, 0.25) is 0 Å². The smallest absolute Gasteiger partial charge is 0.106 e. The zero-order valence-corrected chi connectivity index (χ0v) is 13.3. The maximum Gasteiger partial charge on any atom is 0.106 e. The lowest BCUT2D eigenvalue weighted by molar-refractivity contribution is 0.206. The Bertz CT molecular complexity index is 784. The van der Waals surface area contributed by atoms with E-state index in [0.717, 1.165) is 36.2 Å². The predicted octanol–water partition coefficient (Wildman–Crippen LogP) is 2.93. The fourth-order valence-electron chi connectivity index (χ4n) is 2.96. The molecule has 0 spiro atoms. The molecule has 3 heterocycles. The number of hydrogen-bond donors (Lipinski definition) is 1. The van der Waals surface area contributed by atoms with Gasteiger partial charge in [0.15, 0.2) is 0 Å². The summed E-state index contributed by atoms with van der Waals surface area (Å²) in [5, 5.41) is 3.46. The van der Waals surface area contributed by atoms with Crippen molar-refractivity contribution in [1.29, 1.82) is 0 Å². The van der Waals surface area contributed by atoms with Crippen LogP contribution in [0.1, 0.15) is 10.9 Å². The second-order valence-electron chi connectivity index (χ2n) is 5.71. The van der Waals surface area contributed by atoms with Crippen molar-refractivity contribution in [3.8, 4) is 11.1 Å². The molecule has 0 aliphatic carbocycles. The van der Waals surface area contributed by atoms with Crippen molar-refractivity contribution in [3.05, 3.63) is 47.5 Å². The van der Waals surface area contributed by atoms with Gasteiger partial charge < -0.3 is 5.32 Å². The number of hydrogen-bond acceptors (Lipinski definition) is 5. The van der Waals surface area contributed by atoms with Crippen LogP contribution in [0.4, 0.5) is 0 Å². The third kappa shape index (κ3) is 2.41. The molecule has 1 N–H and O–H groups in total. The maximum absolute atomic E-state index is 4.72. The van der Waals surface area contributed by atoms with Crippen molar-refractivity contribution in [2.75, 3.05) is 26.7 Å². The van der Waals surface area contributed by atoms with Crippen molar-refractivity contribution in [2.45, 2.75) is 6.04 Å². The Kier molecular flexibility index (Phi) is 3.62. The van der Waals surface area contributed by atoms with Crippen molar-refractivity contribution in [1.82, 2.24) is 19.6 Å². The second-order valence-corrected chi connectivity index (χ2v) is 6.51. The van der Waals surface area contributed by atoms with Crippen molar-refractivity contribution in [3.63, 3.8) is 0 Å². The van der Waals surface area contributed by atoms with E-state index < -0.39 is 0 Å². The maximum atomic E-state index is 4.72. The molecule has 1 saturated heterocycles. The summed E-state index contributed by atoms with van der Waals surface area (Å²) >= 11 is 1.58. The zero-order chi connectivity index (χ0) is 14.9. The molecule has 1 aromatic carbocycles. The first-order valence-electron chi connectivity index (χ1n) is 7.54. The Balaban J connectivity index is 1.74. The fraction of sp³-hybridized carbons (Fsp3) is 0.294. The standard InChI is InChI=1S/C17H18N4S/c1-21-8-7-18-11-15(21)17-16-14(20-22-17)9-13(10-19-16)12-5-3-2-4-6-12/h2-6,9-10,15,18H,7-8,11H2,1H3. The van der Waals surface area contributed by atoms with E-state index in [1.807, 2.05) is 12.3 Å². The van der Waals surface area contributed by atoms with Crippen molar-refractivity contribution in [2.24, 2.45) is 0 Å². The second kappa shape index (κ2) is 5.76. The molecule has 4 nitrogen and oxygen atoms in total. The molecule has 1 fully saturated rings. The topological polar surface area (TPSA) is 41.0 Å². The van der Waals surface area contributed by atoms with Crippen LogP contribution in [0.15, 0.2) is 42.6 Å². The summed E-state index contributed by atoms with van der Waals surface area (Å²) in [4.78, 5) is 8.37. The lowest BCUT2D eigenvalue weighted by atomic mass is 10.1. The van der Waals surface area contributed by atoms with E-state index >= 15 is 0 Å². The van der Waals surface area contributed by atoms with Crippen LogP contribution in [-0.4, -0.2) is 40.9 Å². The lowest BCUT2D eigenvalue weighted by Gasteiger charge is -2.32. The van der Waals surface area contributed by atoms with Gasteiger partial charge in [-0.3, -0.25) is 9.88 Å². The number of rotatable bonds is 2. The van der Waals surface area contributed by atoms with E-state index in [0.29, 0.717) is 6.04 Å². The Labute approximate surface area is 134 Å². The number of piperazine rings is 1. The summed E-state index contributed by atoms with van der Waals surface area (Å²) in [6.45, 7) is 3.08. The summed E-state index contributed by atoms with van der Waals surface area (Å²) in [6, 6.07) is 12.9. The molecule has 0 saturated carbocycles. The third-order valence-corrected chi connectivity index (χ3v) is 5.21. The molecule has 0 radical (unpaired) electrons. The van der Waals surface area contributed by atoms with Crippen LogP contribution >= 0.6 is 11.5 Å². The van der Waals surface area contributed by atoms with Gasteiger partial charge in [0, 0.05) is 31.4 Å². The largest absolute Gasteiger partial charge is 0.314 e. The number of pyridine rings is 1. The summed E-state index contributed by atoms with van der Waals surface area (Å²) < 4.78 is 4.64. The minimum Gasteiger partial charge on any atom is -0.314 e. The van der Waals surface area contributed by atoms with Gasteiger partial charge in [0.25, 0.3) is 0 Å². The van der Waals surface area contributed by atoms with Gasteiger partial charge in [0.05, 0.1) is 10.9 Å². The van der Waals surface area contributed by atoms with Gasteiger partial charge in [-0.15, -0.1) is 0 Å². The number of nitrogens with one attached hydrogen (secondary N) is 1. The summed E-state index contributed by atoms with van der Waals surface area (Å²) in [6.07, 6.45) is 1.96. The number of fused-ring (bicyclic) bond motifs is 1. The molecule has 5 heteroatoms. The molecule has 1 atom stereocenters. The van der Waals surface area contributed by atoms with Gasteiger partial charge in [0.1, 0.15) is 11.0 Å². The van der Waals surface area contributed by atoms with E-state index in [1.54, 1.807) is 11.5 Å². The van der Waals surface area contributed by atoms with Gasteiger partial charge in [-0.25, -0.2) is 0 Å². The van der Waals surface area contributed by atoms with Crippen molar-refractivity contribution < 1.29 is 0 Å². The highest BCUT2D eigenvalue weighted by atomic mass is 32.1. The first-order chi connectivity index (χ1) is 10.8. The van der Waals surface area contributed by atoms with Gasteiger partial charge in [-0.05, 0) is 30.2 Å². The Morgan fingerprint density at radius 2 is 2.09 bits per heavy atom. The average Bonchev–Trinajstić information content (AvgIpc) is 2.99. The third-order valence-electron chi connectivity index (χ3n) is 4.26. The highest BCUT2D eigenvalue weighted by molar-refractivity contribution is 7.07. The highest BCUT2D eigenvalue weighted by Crippen LogP contribution is 2.32. The van der Waals surface area contributed by atoms with Crippen LogP contribution < -0.4 is 5.32 Å². The van der Waals surface area contributed by atoms with E-state index in [1.165, 1.54) is 10.4 Å². The zero-order valence-electron chi connectivity index (χ0n) is 12.5. The van der Waals surface area contributed by atoms with E-state index in [2.05, 4.69) is 52.0 Å². The van der Waals surface area contributed by atoms with Gasteiger partial charge in [0.2, 0.25) is 0 Å².